The molecule has 1 atom stereocenters. The van der Waals surface area contributed by atoms with Crippen molar-refractivity contribution in [3.05, 3.63) is 0 Å². The molecule has 0 aliphatic heterocycles. The van der Waals surface area contributed by atoms with Gasteiger partial charge in [-0.1, -0.05) is 13.3 Å². The number of carbonyl (C=O) groups excluding carboxylic acids is 1. The van der Waals surface area contributed by atoms with Gasteiger partial charge in [-0.3, -0.25) is 0 Å². The molecule has 0 bridgehead atoms. The number of rotatable bonds is 4. The Hall–Kier alpha value is -0.570. The maximum absolute atomic E-state index is 10.7. The van der Waals surface area contributed by atoms with Gasteiger partial charge in [0.05, 0.1) is 6.61 Å². The highest BCUT2D eigenvalue weighted by molar-refractivity contribution is 5.74. The Morgan fingerprint density at radius 1 is 1.60 bits per heavy atom. The molecule has 0 saturated carbocycles. The van der Waals surface area contributed by atoms with Gasteiger partial charge in [0.25, 0.3) is 0 Å². The lowest BCUT2D eigenvalue weighted by Crippen LogP contribution is -2.22. The van der Waals surface area contributed by atoms with E-state index in [-0.39, 0.29) is 0 Å². The van der Waals surface area contributed by atoms with Crippen molar-refractivity contribution in [1.82, 2.24) is 0 Å². The van der Waals surface area contributed by atoms with Crippen LogP contribution in [0.5, 0.6) is 0 Å². The summed E-state index contributed by atoms with van der Waals surface area (Å²) in [6.07, 6.45) is 0.351. The summed E-state index contributed by atoms with van der Waals surface area (Å²) in [6.45, 7) is 3.96. The predicted molar refractivity (Wildman–Crippen MR) is 37.5 cm³/mol. The van der Waals surface area contributed by atoms with Gasteiger partial charge in [-0.15, -0.1) is 0 Å². The van der Waals surface area contributed by atoms with Crippen molar-refractivity contribution in [2.24, 2.45) is 0 Å². The molecule has 60 valence electrons. The third-order valence-corrected chi connectivity index (χ3v) is 1.12. The minimum atomic E-state index is -0.926. The van der Waals surface area contributed by atoms with Crippen molar-refractivity contribution in [3.8, 4) is 0 Å². The number of carbonyl (C=O) groups is 1. The van der Waals surface area contributed by atoms with Crippen LogP contribution >= 0.6 is 0 Å². The summed E-state index contributed by atoms with van der Waals surface area (Å²) in [4.78, 5) is 10.7. The van der Waals surface area contributed by atoms with Crippen LogP contribution in [0.15, 0.2) is 0 Å². The third-order valence-electron chi connectivity index (χ3n) is 1.12. The van der Waals surface area contributed by atoms with Crippen molar-refractivity contribution < 1.29 is 14.6 Å². The van der Waals surface area contributed by atoms with E-state index in [0.717, 1.165) is 6.42 Å². The van der Waals surface area contributed by atoms with Crippen LogP contribution in [-0.2, 0) is 9.53 Å². The van der Waals surface area contributed by atoms with Gasteiger partial charge in [0.1, 0.15) is 0 Å². The third kappa shape index (κ3) is 3.45. The number of hydrogen-bond donors (Lipinski definition) is 1. The normalized spacial score (nSPS) is 12.7. The van der Waals surface area contributed by atoms with Gasteiger partial charge in [0.15, 0.2) is 6.10 Å². The van der Waals surface area contributed by atoms with E-state index in [1.807, 2.05) is 6.92 Å². The first-order valence-electron chi connectivity index (χ1n) is 3.57. The Kier molecular flexibility index (Phi) is 4.94. The lowest BCUT2D eigenvalue weighted by Gasteiger charge is -2.06. The zero-order valence-corrected chi connectivity index (χ0v) is 6.46. The number of aliphatic hydroxyl groups excluding tert-OH is 1. The smallest absolute Gasteiger partial charge is 0.334 e. The van der Waals surface area contributed by atoms with Gasteiger partial charge in [-0.25, -0.2) is 4.79 Å². The molecule has 10 heavy (non-hydrogen) atoms. The van der Waals surface area contributed by atoms with Gasteiger partial charge < -0.3 is 9.84 Å². The molecule has 0 spiro atoms. The van der Waals surface area contributed by atoms with Crippen molar-refractivity contribution in [3.63, 3.8) is 0 Å². The van der Waals surface area contributed by atoms with E-state index >= 15 is 0 Å². The quantitative estimate of drug-likeness (QED) is 0.594. The standard InChI is InChI=1S/C7H14O3/c1-3-5-6(8)7(9)10-4-2/h6,8H,3-5H2,1-2H3. The maximum atomic E-state index is 10.7. The molecule has 1 unspecified atom stereocenters. The number of ether oxygens (including phenoxy) is 1. The van der Waals surface area contributed by atoms with Gasteiger partial charge in [-0.05, 0) is 13.3 Å². The monoisotopic (exact) mass is 146 g/mol. The molecule has 1 N–H and O–H groups in total. The first-order chi connectivity index (χ1) is 4.72. The molecule has 0 aliphatic rings. The summed E-state index contributed by atoms with van der Waals surface area (Å²) < 4.78 is 4.57. The van der Waals surface area contributed by atoms with Crippen LogP contribution in [0.4, 0.5) is 0 Å². The topological polar surface area (TPSA) is 46.5 Å². The Labute approximate surface area is 61.0 Å². The second-order valence-corrected chi connectivity index (χ2v) is 2.06. The SMILES string of the molecule is CCCC(O)C(=O)OCC. The first-order valence-corrected chi connectivity index (χ1v) is 3.57. The van der Waals surface area contributed by atoms with Gasteiger partial charge in [0.2, 0.25) is 0 Å². The average molecular weight is 146 g/mol. The van der Waals surface area contributed by atoms with Crippen LogP contribution in [-0.4, -0.2) is 23.8 Å². The Morgan fingerprint density at radius 3 is 2.60 bits per heavy atom. The van der Waals surface area contributed by atoms with Gasteiger partial charge in [-0.2, -0.15) is 0 Å². The number of hydrogen-bond acceptors (Lipinski definition) is 3. The first kappa shape index (κ1) is 9.43. The van der Waals surface area contributed by atoms with Crippen LogP contribution in [0, 0.1) is 0 Å². The molecule has 0 saturated heterocycles. The zero-order chi connectivity index (χ0) is 7.98. The molecule has 3 heteroatoms. The number of esters is 1. The highest BCUT2D eigenvalue weighted by Crippen LogP contribution is 1.97. The van der Waals surface area contributed by atoms with Gasteiger partial charge >= 0.3 is 5.97 Å². The van der Waals surface area contributed by atoms with Crippen molar-refractivity contribution in [1.29, 1.82) is 0 Å². The molecule has 0 amide bonds. The molecular formula is C7H14O3. The molecule has 0 aromatic rings. The van der Waals surface area contributed by atoms with Crippen LogP contribution in [0.1, 0.15) is 26.7 Å². The van der Waals surface area contributed by atoms with Crippen molar-refractivity contribution in [2.45, 2.75) is 32.8 Å². The van der Waals surface area contributed by atoms with Crippen molar-refractivity contribution in [2.75, 3.05) is 6.61 Å². The molecule has 3 nitrogen and oxygen atoms in total. The lowest BCUT2D eigenvalue weighted by molar-refractivity contribution is -0.153. The Morgan fingerprint density at radius 2 is 2.20 bits per heavy atom. The Bertz CT molecular complexity index is 101. The second-order valence-electron chi connectivity index (χ2n) is 2.06. The second kappa shape index (κ2) is 5.23. The highest BCUT2D eigenvalue weighted by atomic mass is 16.5. The fourth-order valence-electron chi connectivity index (χ4n) is 0.630. The van der Waals surface area contributed by atoms with E-state index < -0.39 is 12.1 Å². The zero-order valence-electron chi connectivity index (χ0n) is 6.46. The molecule has 0 radical (unpaired) electrons. The van der Waals surface area contributed by atoms with Crippen LogP contribution in [0.25, 0.3) is 0 Å². The van der Waals surface area contributed by atoms with E-state index in [2.05, 4.69) is 4.74 Å². The minimum absolute atomic E-state index is 0.333. The summed E-state index contributed by atoms with van der Waals surface area (Å²) in [6, 6.07) is 0. The lowest BCUT2D eigenvalue weighted by atomic mass is 10.2. The van der Waals surface area contributed by atoms with Gasteiger partial charge in [0, 0.05) is 0 Å². The highest BCUT2D eigenvalue weighted by Gasteiger charge is 2.13. The minimum Gasteiger partial charge on any atom is -0.464 e. The molecule has 0 aromatic heterocycles. The summed E-state index contributed by atoms with van der Waals surface area (Å²) in [5.41, 5.74) is 0. The molecule has 0 rings (SSSR count). The summed E-state index contributed by atoms with van der Waals surface area (Å²) in [5.74, 6) is -0.510. The summed E-state index contributed by atoms with van der Waals surface area (Å²) in [7, 11) is 0. The Balaban J connectivity index is 3.49. The van der Waals surface area contributed by atoms with E-state index in [9.17, 15) is 4.79 Å². The van der Waals surface area contributed by atoms with E-state index in [4.69, 9.17) is 5.11 Å². The molecule has 0 fully saturated rings. The molecule has 0 heterocycles. The van der Waals surface area contributed by atoms with Crippen molar-refractivity contribution >= 4 is 5.97 Å². The maximum Gasteiger partial charge on any atom is 0.334 e. The van der Waals surface area contributed by atoms with Crippen LogP contribution in [0.3, 0.4) is 0 Å². The summed E-state index contributed by atoms with van der Waals surface area (Å²) >= 11 is 0. The number of aliphatic hydroxyl groups is 1. The fourth-order valence-corrected chi connectivity index (χ4v) is 0.630. The summed E-state index contributed by atoms with van der Waals surface area (Å²) in [5, 5.41) is 8.97. The van der Waals surface area contributed by atoms with E-state index in [1.165, 1.54) is 0 Å². The predicted octanol–water partition coefficient (Wildman–Crippen LogP) is 0.710. The van der Waals surface area contributed by atoms with E-state index in [0.29, 0.717) is 13.0 Å². The van der Waals surface area contributed by atoms with E-state index in [1.54, 1.807) is 6.92 Å². The molecular weight excluding hydrogens is 132 g/mol. The largest absolute Gasteiger partial charge is 0.464 e. The fraction of sp³-hybridized carbons (Fsp3) is 0.857. The van der Waals surface area contributed by atoms with Crippen LogP contribution < -0.4 is 0 Å². The average Bonchev–Trinajstić information content (AvgIpc) is 1.89. The van der Waals surface area contributed by atoms with Crippen LogP contribution in [0.2, 0.25) is 0 Å². The molecule has 0 aliphatic carbocycles. The molecule has 0 aromatic carbocycles.